The molecule has 27 atom stereocenters. The number of amides is 1. The van der Waals surface area contributed by atoms with Gasteiger partial charge in [0.05, 0.1) is 111 Å². The third kappa shape index (κ3) is 23.4. The first kappa shape index (κ1) is 75.6. The summed E-state index contributed by atoms with van der Waals surface area (Å²) >= 11 is 0. The van der Waals surface area contributed by atoms with Gasteiger partial charge >= 0.3 is 5.97 Å². The largest absolute Gasteiger partial charge is 0.462 e. The molecule has 0 aromatic rings. The Labute approximate surface area is 505 Å². The van der Waals surface area contributed by atoms with Crippen molar-refractivity contribution < 1.29 is 130 Å². The normalized spacial score (nSPS) is 41.3. The highest BCUT2D eigenvalue weighted by Gasteiger charge is 2.53. The van der Waals surface area contributed by atoms with Crippen LogP contribution in [0.2, 0.25) is 0 Å². The number of carbonyl (C=O) groups excluding carboxylic acids is 2. The average molecular weight is 1250 g/mol. The van der Waals surface area contributed by atoms with Crippen molar-refractivity contribution in [2.75, 3.05) is 26.3 Å². The van der Waals surface area contributed by atoms with E-state index < -0.39 is 228 Å². The number of fused-ring (bicyclic) bond motifs is 2. The summed E-state index contributed by atoms with van der Waals surface area (Å²) in [5, 5.41) is 210. The number of ether oxygens (including phenoxy) is 5. The number of hydrogen-bond acceptors (Lipinski definition) is 27. The van der Waals surface area contributed by atoms with Crippen molar-refractivity contribution in [2.45, 2.75) is 225 Å². The average Bonchev–Trinajstić information content (AvgIpc) is 1.34. The van der Waals surface area contributed by atoms with Crippen LogP contribution in [0.4, 0.5) is 0 Å². The third-order valence-electron chi connectivity index (χ3n) is 16.1. The summed E-state index contributed by atoms with van der Waals surface area (Å²) in [6.45, 7) is 3.39. The minimum absolute atomic E-state index is 0.192. The Morgan fingerprint density at radius 2 is 1.23 bits per heavy atom. The van der Waals surface area contributed by atoms with Gasteiger partial charge in [-0.25, -0.2) is 0 Å². The van der Waals surface area contributed by atoms with Crippen LogP contribution in [0.15, 0.2) is 85.1 Å². The van der Waals surface area contributed by atoms with Crippen LogP contribution >= 0.6 is 0 Å². The molecule has 498 valence electrons. The van der Waals surface area contributed by atoms with E-state index in [9.17, 15) is 107 Å². The molecule has 4 aliphatic rings. The molecule has 8 unspecified atom stereocenters. The third-order valence-corrected chi connectivity index (χ3v) is 16.1. The molecular weight excluding hydrogens is 1150 g/mol. The Hall–Kier alpha value is -3.84. The van der Waals surface area contributed by atoms with Gasteiger partial charge in [-0.3, -0.25) is 9.59 Å². The molecule has 0 aliphatic carbocycles. The molecule has 0 aromatic carbocycles. The lowest BCUT2D eigenvalue weighted by molar-refractivity contribution is -0.323. The van der Waals surface area contributed by atoms with Crippen LogP contribution in [0.3, 0.4) is 0 Å². The Balaban J connectivity index is 1.70. The van der Waals surface area contributed by atoms with Gasteiger partial charge < -0.3 is 131 Å². The fourth-order valence-corrected chi connectivity index (χ4v) is 10.5. The summed E-state index contributed by atoms with van der Waals surface area (Å²) in [5.74, 6) is -9.49. The maximum absolute atomic E-state index is 14.2. The van der Waals surface area contributed by atoms with Gasteiger partial charge in [0, 0.05) is 44.1 Å². The number of allylic oxidation sites excluding steroid dienone is 12. The van der Waals surface area contributed by atoms with Crippen LogP contribution in [0.1, 0.15) is 79.1 Å². The summed E-state index contributed by atoms with van der Waals surface area (Å²) in [6.07, 6.45) is -14.6. The van der Waals surface area contributed by atoms with Crippen LogP contribution < -0.4 is 10.6 Å². The van der Waals surface area contributed by atoms with Gasteiger partial charge in [0.25, 0.3) is 0 Å². The lowest BCUT2D eigenvalue weighted by atomic mass is 9.82. The van der Waals surface area contributed by atoms with Crippen molar-refractivity contribution in [1.29, 1.82) is 0 Å². The van der Waals surface area contributed by atoms with E-state index in [4.69, 9.17) is 23.7 Å². The van der Waals surface area contributed by atoms with Crippen molar-refractivity contribution in [3.8, 4) is 0 Å². The summed E-state index contributed by atoms with van der Waals surface area (Å²) in [7, 11) is 0. The zero-order chi connectivity index (χ0) is 64.9. The van der Waals surface area contributed by atoms with Crippen LogP contribution in [-0.4, -0.2) is 281 Å². The smallest absolute Gasteiger partial charge is 0.308 e. The lowest BCUT2D eigenvalue weighted by Crippen LogP contribution is -2.69. The Kier molecular flexibility index (Phi) is 31.5. The molecule has 4 rings (SSSR count). The highest BCUT2D eigenvalue weighted by Crippen LogP contribution is 2.39. The molecule has 87 heavy (non-hydrogen) atoms. The van der Waals surface area contributed by atoms with Crippen LogP contribution in [0.5, 0.6) is 0 Å². The van der Waals surface area contributed by atoms with E-state index in [2.05, 4.69) is 10.6 Å². The standard InChI is InChI=1S/C59H96N2O26/c1-31-17-15-13-11-9-7-5-6-8-10-12-14-16-18-38(86-57-54(78)48(50(74)34(4)85-57)61-30-59(82)55(79)53(77)44(71)29-83-59)24-45-47(56(80)60-27-42(69)51(75)52(76)43(70)28-62)41(68)26-58(81,87-45)25-37(65)22-40(67)39(66)20-19-35(63)21-36(64)23-46(72)84-33(3)32(2)49(31)73/h5-18,31-45,47-55,57,61-71,73-79,81-82H,19-30H2,1-4H3,(H,60,80)/t31-,32?,33-,34+,35+,36+,37-,38-,39+,40+,41-,42?,43?,44+,45?,47?,48-,49+,50+,51?,52?,53-,54-,55-,57?,58+,59+/m0/s1. The lowest BCUT2D eigenvalue weighted by Gasteiger charge is -2.47. The van der Waals surface area contributed by atoms with Crippen LogP contribution in [-0.2, 0) is 33.3 Å². The zero-order valence-corrected chi connectivity index (χ0v) is 49.4. The number of nitrogens with one attached hydrogen (secondary N) is 2. The summed E-state index contributed by atoms with van der Waals surface area (Å²) < 4.78 is 29.1. The minimum Gasteiger partial charge on any atom is -0.462 e. The summed E-state index contributed by atoms with van der Waals surface area (Å²) in [4.78, 5) is 26.9. The number of esters is 1. The molecule has 0 spiro atoms. The first-order chi connectivity index (χ1) is 40.9. The topological polar surface area (TPSA) is 489 Å². The second-order valence-electron chi connectivity index (χ2n) is 23.3. The molecule has 28 heteroatoms. The number of aliphatic hydroxyl groups excluding tert-OH is 17. The second-order valence-corrected chi connectivity index (χ2v) is 23.3. The summed E-state index contributed by atoms with van der Waals surface area (Å²) in [5.41, 5.74) is 0. The van der Waals surface area contributed by atoms with Gasteiger partial charge in [-0.05, 0) is 33.1 Å². The van der Waals surface area contributed by atoms with Crippen molar-refractivity contribution in [2.24, 2.45) is 17.8 Å². The fourth-order valence-electron chi connectivity index (χ4n) is 10.5. The number of cyclic esters (lactones) is 1. The van der Waals surface area contributed by atoms with Crippen molar-refractivity contribution in [3.63, 3.8) is 0 Å². The Bertz CT molecular complexity index is 2270. The first-order valence-corrected chi connectivity index (χ1v) is 29.4. The monoisotopic (exact) mass is 1250 g/mol. The number of rotatable bonds is 12. The molecule has 0 saturated carbocycles. The van der Waals surface area contributed by atoms with E-state index in [1.807, 2.05) is 0 Å². The van der Waals surface area contributed by atoms with E-state index in [-0.39, 0.29) is 25.2 Å². The van der Waals surface area contributed by atoms with E-state index in [0.29, 0.717) is 0 Å². The number of carbonyl (C=O) groups is 2. The maximum atomic E-state index is 14.2. The molecule has 28 nitrogen and oxygen atoms in total. The minimum atomic E-state index is -2.54. The van der Waals surface area contributed by atoms with Gasteiger partial charge in [-0.15, -0.1) is 0 Å². The van der Waals surface area contributed by atoms with Gasteiger partial charge in [0.2, 0.25) is 11.7 Å². The number of aliphatic hydroxyl groups is 19. The van der Waals surface area contributed by atoms with Gasteiger partial charge in [-0.1, -0.05) is 98.9 Å². The van der Waals surface area contributed by atoms with Crippen molar-refractivity contribution in [3.05, 3.63) is 85.1 Å². The predicted octanol–water partition coefficient (Wildman–Crippen LogP) is -5.39. The molecule has 0 aromatic heterocycles. The first-order valence-electron chi connectivity index (χ1n) is 29.4. The van der Waals surface area contributed by atoms with Crippen LogP contribution in [0.25, 0.3) is 0 Å². The molecule has 4 aliphatic heterocycles. The van der Waals surface area contributed by atoms with Crippen molar-refractivity contribution >= 4 is 11.9 Å². The van der Waals surface area contributed by atoms with Gasteiger partial charge in [0.15, 0.2) is 12.1 Å². The molecule has 1 amide bonds. The second kappa shape index (κ2) is 36.3. The highest BCUT2D eigenvalue weighted by molar-refractivity contribution is 5.80. The molecule has 4 heterocycles. The summed E-state index contributed by atoms with van der Waals surface area (Å²) in [6, 6.07) is -1.44. The Morgan fingerprint density at radius 1 is 0.644 bits per heavy atom. The van der Waals surface area contributed by atoms with Crippen LogP contribution in [0, 0.1) is 17.8 Å². The van der Waals surface area contributed by atoms with Crippen molar-refractivity contribution in [1.82, 2.24) is 10.6 Å². The van der Waals surface area contributed by atoms with E-state index >= 15 is 0 Å². The Morgan fingerprint density at radius 3 is 1.84 bits per heavy atom. The predicted molar refractivity (Wildman–Crippen MR) is 306 cm³/mol. The molecule has 3 fully saturated rings. The molecular formula is C59H96N2O26. The van der Waals surface area contributed by atoms with Gasteiger partial charge in [-0.2, -0.15) is 0 Å². The van der Waals surface area contributed by atoms with E-state index in [1.165, 1.54) is 19.1 Å². The quantitative estimate of drug-likeness (QED) is 0.0811. The fraction of sp³-hybridized carbons (Fsp3) is 0.729. The maximum Gasteiger partial charge on any atom is 0.308 e. The number of hydrogen-bond donors (Lipinski definition) is 21. The molecule has 2 bridgehead atoms. The van der Waals surface area contributed by atoms with Gasteiger partial charge in [0.1, 0.15) is 48.8 Å². The van der Waals surface area contributed by atoms with E-state index in [0.717, 1.165) is 0 Å². The SMILES string of the molecule is CC1[C@H](C)OC(=O)C[C@H](O)C[C@H](O)CC[C@@H](O)[C@H](O)C[C@H](O)C[C@]2(O)C[C@H](O)C(C(=O)NCC(O)C(O)C(O)C(O)CO)C(C[C@@H](OC3O[C@H](C)[C@@H](O)[C@H](NC[C@@]4(O)OC[C@@H](O)[C@H](O)[C@@H]4O)[C@@H]3O)C=CC=CC=CC=CC=CC=CC=C[C@H](C)[C@H]1O)O2. The molecule has 3 saturated heterocycles. The zero-order valence-electron chi connectivity index (χ0n) is 49.4. The molecule has 21 N–H and O–H groups in total. The molecule has 0 radical (unpaired) electrons. The van der Waals surface area contributed by atoms with E-state index in [1.54, 1.807) is 93.7 Å². The highest BCUT2D eigenvalue weighted by atomic mass is 16.7.